The van der Waals surface area contributed by atoms with Gasteiger partial charge < -0.3 is 14.8 Å². The van der Waals surface area contributed by atoms with Gasteiger partial charge in [-0.25, -0.2) is 14.6 Å². The summed E-state index contributed by atoms with van der Waals surface area (Å²) in [6.45, 7) is 0. The van der Waals surface area contributed by atoms with Crippen LogP contribution in [0.5, 0.6) is 0 Å². The molecule has 2 aromatic rings. The molecule has 1 atom stereocenters. The number of imidazole rings is 1. The highest BCUT2D eigenvalue weighted by molar-refractivity contribution is 6.35. The average Bonchev–Trinajstić information content (AvgIpc) is 2.99. The fourth-order valence-corrected chi connectivity index (χ4v) is 4.40. The zero-order chi connectivity index (χ0) is 19.8. The van der Waals surface area contributed by atoms with Crippen LogP contribution < -0.4 is 5.69 Å². The summed E-state index contributed by atoms with van der Waals surface area (Å²) in [5.41, 5.74) is 1.19. The van der Waals surface area contributed by atoms with Crippen LogP contribution in [-0.4, -0.2) is 38.0 Å². The number of ether oxygens (including phenoxy) is 1. The van der Waals surface area contributed by atoms with Crippen molar-refractivity contribution in [1.29, 1.82) is 0 Å². The number of nitrogens with zero attached hydrogens (tertiary/aromatic N) is 2. The lowest BCUT2D eigenvalue weighted by Crippen LogP contribution is -2.32. The van der Waals surface area contributed by atoms with E-state index < -0.39 is 5.97 Å². The van der Waals surface area contributed by atoms with E-state index in [1.807, 2.05) is 0 Å². The number of rotatable bonds is 3. The molecule has 0 radical (unpaired) electrons. The quantitative estimate of drug-likeness (QED) is 0.728. The Hall–Kier alpha value is -2.25. The van der Waals surface area contributed by atoms with Crippen molar-refractivity contribution in [2.75, 3.05) is 0 Å². The van der Waals surface area contributed by atoms with Crippen molar-refractivity contribution in [2.45, 2.75) is 49.6 Å². The number of benzene rings is 1. The summed E-state index contributed by atoms with van der Waals surface area (Å²) in [6.07, 6.45) is 5.04. The minimum absolute atomic E-state index is 0.0143. The molecule has 0 spiro atoms. The van der Waals surface area contributed by atoms with E-state index in [-0.39, 0.29) is 28.8 Å². The van der Waals surface area contributed by atoms with Crippen LogP contribution in [0.15, 0.2) is 39.2 Å². The van der Waals surface area contributed by atoms with Gasteiger partial charge in [-0.05, 0) is 43.9 Å². The van der Waals surface area contributed by atoms with Crippen LogP contribution in [0.4, 0.5) is 0 Å². The number of fused-ring (bicyclic) bond motifs is 1. The van der Waals surface area contributed by atoms with E-state index >= 15 is 0 Å². The fraction of sp³-hybridized carbons (Fsp3) is 0.421. The highest BCUT2D eigenvalue weighted by Crippen LogP contribution is 2.32. The SMILES string of the molecule is O=C(O)c1ccc2[nH]c(=O)n(C3CCC(OC4=NC=C(Cl)CC4Cl)CC3)c2c1. The first kappa shape index (κ1) is 19.1. The number of aromatic nitrogens is 2. The van der Waals surface area contributed by atoms with Crippen LogP contribution in [0, 0.1) is 0 Å². The van der Waals surface area contributed by atoms with Gasteiger partial charge in [0.05, 0.1) is 16.6 Å². The summed E-state index contributed by atoms with van der Waals surface area (Å²) in [5.74, 6) is -0.526. The molecule has 7 nitrogen and oxygen atoms in total. The average molecular weight is 424 g/mol. The van der Waals surface area contributed by atoms with Crippen molar-refractivity contribution in [3.8, 4) is 0 Å². The van der Waals surface area contributed by atoms with Crippen molar-refractivity contribution in [2.24, 2.45) is 4.99 Å². The van der Waals surface area contributed by atoms with Gasteiger partial charge in [0.25, 0.3) is 0 Å². The molecule has 0 amide bonds. The highest BCUT2D eigenvalue weighted by Gasteiger charge is 2.29. The summed E-state index contributed by atoms with van der Waals surface area (Å²) < 4.78 is 7.64. The largest absolute Gasteiger partial charge is 0.478 e. The maximum absolute atomic E-state index is 12.5. The smallest absolute Gasteiger partial charge is 0.335 e. The molecule has 0 bridgehead atoms. The Labute approximate surface area is 170 Å². The Bertz CT molecular complexity index is 1030. The monoisotopic (exact) mass is 423 g/mol. The number of carboxylic acid groups (broad SMARTS) is 1. The van der Waals surface area contributed by atoms with Gasteiger partial charge in [-0.2, -0.15) is 0 Å². The fourth-order valence-electron chi connectivity index (χ4n) is 3.84. The lowest BCUT2D eigenvalue weighted by molar-refractivity contribution is 0.0697. The molecule has 1 saturated carbocycles. The van der Waals surface area contributed by atoms with Gasteiger partial charge in [-0.1, -0.05) is 11.6 Å². The van der Waals surface area contributed by atoms with E-state index in [0.717, 1.165) is 25.7 Å². The maximum Gasteiger partial charge on any atom is 0.335 e. The Morgan fingerprint density at radius 3 is 2.71 bits per heavy atom. The summed E-state index contributed by atoms with van der Waals surface area (Å²) in [5, 5.41) is 9.48. The van der Waals surface area contributed by atoms with Crippen LogP contribution in [0.2, 0.25) is 0 Å². The van der Waals surface area contributed by atoms with Crippen LogP contribution in [0.3, 0.4) is 0 Å². The summed E-state index contributed by atoms with van der Waals surface area (Å²) >= 11 is 12.2. The zero-order valence-corrected chi connectivity index (χ0v) is 16.4. The van der Waals surface area contributed by atoms with Gasteiger partial charge >= 0.3 is 11.7 Å². The lowest BCUT2D eigenvalue weighted by atomic mass is 9.92. The van der Waals surface area contributed by atoms with Crippen molar-refractivity contribution >= 4 is 46.1 Å². The number of aliphatic imine (C=N–C) groups is 1. The number of halogens is 2. The van der Waals surface area contributed by atoms with E-state index in [1.54, 1.807) is 22.9 Å². The van der Waals surface area contributed by atoms with E-state index in [0.29, 0.717) is 28.4 Å². The van der Waals surface area contributed by atoms with E-state index in [9.17, 15) is 14.7 Å². The highest BCUT2D eigenvalue weighted by atomic mass is 35.5. The van der Waals surface area contributed by atoms with Gasteiger partial charge in [0, 0.05) is 23.7 Å². The second-order valence-electron chi connectivity index (χ2n) is 7.10. The number of allylic oxidation sites excluding steroid dienone is 1. The Balaban J connectivity index is 1.50. The van der Waals surface area contributed by atoms with Crippen molar-refractivity contribution < 1.29 is 14.6 Å². The van der Waals surface area contributed by atoms with Gasteiger partial charge in [0.15, 0.2) is 0 Å². The first-order valence-corrected chi connectivity index (χ1v) is 9.94. The third kappa shape index (κ3) is 3.69. The van der Waals surface area contributed by atoms with Crippen LogP contribution in [0.1, 0.15) is 48.5 Å². The molecule has 1 aromatic heterocycles. The molecular weight excluding hydrogens is 405 g/mol. The number of hydrogen-bond acceptors (Lipinski definition) is 4. The third-order valence-electron chi connectivity index (χ3n) is 5.23. The van der Waals surface area contributed by atoms with Gasteiger partial charge in [0.1, 0.15) is 11.5 Å². The molecule has 4 rings (SSSR count). The Morgan fingerprint density at radius 2 is 2.04 bits per heavy atom. The Morgan fingerprint density at radius 1 is 1.29 bits per heavy atom. The van der Waals surface area contributed by atoms with Crippen LogP contribution in [-0.2, 0) is 4.74 Å². The molecule has 2 N–H and O–H groups in total. The lowest BCUT2D eigenvalue weighted by Gasteiger charge is -2.31. The molecule has 1 aliphatic heterocycles. The number of aromatic amines is 1. The standard InChI is InChI=1S/C19H19Cl2N3O4/c20-11-8-14(21)17(22-9-11)28-13-4-2-12(3-5-13)24-16-7-10(18(25)26)1-6-15(16)23-19(24)27/h1,6-7,9,12-14H,2-5,8H2,(H,23,27)(H,25,26). The van der Waals surface area contributed by atoms with Crippen LogP contribution in [0.25, 0.3) is 11.0 Å². The summed E-state index contributed by atoms with van der Waals surface area (Å²) in [6, 6.07) is 4.65. The van der Waals surface area contributed by atoms with E-state index in [1.165, 1.54) is 6.07 Å². The molecule has 2 aliphatic rings. The number of H-pyrrole nitrogens is 1. The van der Waals surface area contributed by atoms with Crippen LogP contribution >= 0.6 is 23.2 Å². The molecule has 2 heterocycles. The molecule has 1 fully saturated rings. The first-order valence-electron chi connectivity index (χ1n) is 9.13. The minimum Gasteiger partial charge on any atom is -0.478 e. The molecule has 1 aliphatic carbocycles. The number of alkyl halides is 1. The summed E-state index contributed by atoms with van der Waals surface area (Å²) in [4.78, 5) is 30.7. The minimum atomic E-state index is -1.02. The zero-order valence-electron chi connectivity index (χ0n) is 14.9. The van der Waals surface area contributed by atoms with E-state index in [4.69, 9.17) is 27.9 Å². The molecule has 28 heavy (non-hydrogen) atoms. The third-order valence-corrected chi connectivity index (χ3v) is 5.83. The second-order valence-corrected chi connectivity index (χ2v) is 8.11. The molecule has 1 aromatic carbocycles. The second kappa shape index (κ2) is 7.64. The normalized spacial score (nSPS) is 25.3. The molecule has 1 unspecified atom stereocenters. The Kier molecular flexibility index (Phi) is 5.21. The van der Waals surface area contributed by atoms with Crippen molar-refractivity contribution in [1.82, 2.24) is 9.55 Å². The topological polar surface area (TPSA) is 96.7 Å². The number of carbonyl (C=O) groups is 1. The number of nitrogens with one attached hydrogen (secondary N) is 1. The van der Waals surface area contributed by atoms with Gasteiger partial charge in [0.2, 0.25) is 5.90 Å². The first-order chi connectivity index (χ1) is 13.4. The maximum atomic E-state index is 12.5. The number of hydrogen-bond donors (Lipinski definition) is 2. The van der Waals surface area contributed by atoms with Gasteiger partial charge in [-0.15, -0.1) is 11.6 Å². The molecular formula is C19H19Cl2N3O4. The predicted molar refractivity (Wildman–Crippen MR) is 108 cm³/mol. The molecule has 0 saturated heterocycles. The predicted octanol–water partition coefficient (Wildman–Crippen LogP) is 4.02. The summed E-state index contributed by atoms with van der Waals surface area (Å²) in [7, 11) is 0. The van der Waals surface area contributed by atoms with Crippen molar-refractivity contribution in [3.63, 3.8) is 0 Å². The van der Waals surface area contributed by atoms with Crippen molar-refractivity contribution in [3.05, 3.63) is 45.5 Å². The number of aromatic carboxylic acids is 1. The van der Waals surface area contributed by atoms with E-state index in [2.05, 4.69) is 9.98 Å². The molecule has 9 heteroatoms. The number of carboxylic acids is 1. The van der Waals surface area contributed by atoms with Gasteiger partial charge in [-0.3, -0.25) is 4.57 Å². The molecule has 148 valence electrons.